The van der Waals surface area contributed by atoms with Crippen molar-refractivity contribution in [2.75, 3.05) is 7.05 Å². The molecule has 0 aliphatic carbocycles. The third-order valence-corrected chi connectivity index (χ3v) is 3.97. The van der Waals surface area contributed by atoms with E-state index in [1.54, 1.807) is 0 Å². The van der Waals surface area contributed by atoms with Crippen LogP contribution in [0.5, 0.6) is 0 Å². The predicted octanol–water partition coefficient (Wildman–Crippen LogP) is 1.04. The van der Waals surface area contributed by atoms with Gasteiger partial charge in [0.05, 0.1) is 4.75 Å². The van der Waals surface area contributed by atoms with Gasteiger partial charge in [-0.1, -0.05) is 0 Å². The first kappa shape index (κ1) is 12.9. The van der Waals surface area contributed by atoms with E-state index in [0.29, 0.717) is 6.42 Å². The van der Waals surface area contributed by atoms with Gasteiger partial charge in [0.2, 0.25) is 0 Å². The molecule has 80 valence electrons. The second kappa shape index (κ2) is 4.39. The van der Waals surface area contributed by atoms with Crippen LogP contribution in [0.3, 0.4) is 0 Å². The van der Waals surface area contributed by atoms with Gasteiger partial charge in [-0.2, -0.15) is 8.42 Å². The molecular weight excluding hydrogens is 190 g/mol. The fraction of sp³-hybridized carbons (Fsp3) is 1.00. The molecule has 0 radical (unpaired) electrons. The smallest absolute Gasteiger partial charge is 0.270 e. The van der Waals surface area contributed by atoms with Crippen molar-refractivity contribution in [3.05, 3.63) is 0 Å². The van der Waals surface area contributed by atoms with Crippen molar-refractivity contribution in [2.24, 2.45) is 0 Å². The van der Waals surface area contributed by atoms with E-state index in [0.717, 1.165) is 6.42 Å². The predicted molar refractivity (Wildman–Crippen MR) is 53.4 cm³/mol. The van der Waals surface area contributed by atoms with E-state index in [1.807, 2.05) is 14.0 Å². The normalized spacial score (nSPS) is 15.8. The van der Waals surface area contributed by atoms with E-state index in [1.165, 1.54) is 13.8 Å². The number of nitrogens with one attached hydrogen (secondary N) is 1. The third-order valence-electron chi connectivity index (χ3n) is 2.37. The van der Waals surface area contributed by atoms with Gasteiger partial charge in [0.1, 0.15) is 0 Å². The lowest BCUT2D eigenvalue weighted by Gasteiger charge is -2.22. The van der Waals surface area contributed by atoms with Crippen LogP contribution in [0, 0.1) is 0 Å². The summed E-state index contributed by atoms with van der Waals surface area (Å²) in [5.41, 5.74) is 0. The molecule has 0 aliphatic rings. The maximum atomic E-state index is 10.9. The fourth-order valence-corrected chi connectivity index (χ4v) is 1.21. The molecule has 0 fully saturated rings. The van der Waals surface area contributed by atoms with Gasteiger partial charge in [0.25, 0.3) is 10.1 Å². The molecule has 0 saturated carbocycles. The summed E-state index contributed by atoms with van der Waals surface area (Å²) < 4.78 is 29.6. The minimum absolute atomic E-state index is 0.265. The minimum atomic E-state index is -3.93. The van der Waals surface area contributed by atoms with E-state index < -0.39 is 14.9 Å². The van der Waals surface area contributed by atoms with Gasteiger partial charge >= 0.3 is 0 Å². The highest BCUT2D eigenvalue weighted by Crippen LogP contribution is 2.21. The maximum Gasteiger partial charge on any atom is 0.270 e. The van der Waals surface area contributed by atoms with Crippen molar-refractivity contribution in [1.29, 1.82) is 0 Å². The molecule has 0 aromatic rings. The Morgan fingerprint density at radius 1 is 1.46 bits per heavy atom. The molecular formula is C8H19NO3S. The molecule has 0 bridgehead atoms. The van der Waals surface area contributed by atoms with Crippen molar-refractivity contribution in [2.45, 2.75) is 44.4 Å². The van der Waals surface area contributed by atoms with Gasteiger partial charge in [-0.05, 0) is 40.7 Å². The molecule has 0 aromatic heterocycles. The standard InChI is InChI=1S/C8H19NO3S/c1-7(9-4)5-6-8(2,3)13(10,11)12/h7,9H,5-6H2,1-4H3,(H,10,11,12). The summed E-state index contributed by atoms with van der Waals surface area (Å²) in [7, 11) is -2.11. The summed E-state index contributed by atoms with van der Waals surface area (Å²) in [6, 6.07) is 0.265. The Hall–Kier alpha value is -0.130. The SMILES string of the molecule is CNC(C)CCC(C)(C)S(=O)(=O)O. The average Bonchev–Trinajstić information content (AvgIpc) is 1.98. The van der Waals surface area contributed by atoms with Crippen LogP contribution in [-0.2, 0) is 10.1 Å². The zero-order valence-corrected chi connectivity index (χ0v) is 9.48. The van der Waals surface area contributed by atoms with E-state index in [2.05, 4.69) is 5.32 Å². The summed E-state index contributed by atoms with van der Waals surface area (Å²) in [5, 5.41) is 3.01. The average molecular weight is 209 g/mol. The maximum absolute atomic E-state index is 10.9. The van der Waals surface area contributed by atoms with Crippen LogP contribution in [0.4, 0.5) is 0 Å². The molecule has 13 heavy (non-hydrogen) atoms. The van der Waals surface area contributed by atoms with Crippen LogP contribution < -0.4 is 5.32 Å². The molecule has 0 rings (SSSR count). The topological polar surface area (TPSA) is 66.4 Å². The first-order chi connectivity index (χ1) is 5.70. The fourth-order valence-electron chi connectivity index (χ4n) is 0.837. The molecule has 1 atom stereocenters. The quantitative estimate of drug-likeness (QED) is 0.664. The lowest BCUT2D eigenvalue weighted by atomic mass is 10.0. The van der Waals surface area contributed by atoms with Gasteiger partial charge in [0, 0.05) is 6.04 Å². The molecule has 0 aromatic carbocycles. The van der Waals surface area contributed by atoms with Gasteiger partial charge < -0.3 is 5.32 Å². The van der Waals surface area contributed by atoms with Crippen molar-refractivity contribution in [1.82, 2.24) is 5.32 Å². The molecule has 2 N–H and O–H groups in total. The molecule has 0 heterocycles. The molecule has 4 nitrogen and oxygen atoms in total. The highest BCUT2D eigenvalue weighted by atomic mass is 32.2. The Bertz CT molecular complexity index is 246. The molecule has 1 unspecified atom stereocenters. The van der Waals surface area contributed by atoms with Crippen molar-refractivity contribution >= 4 is 10.1 Å². The van der Waals surface area contributed by atoms with E-state index in [9.17, 15) is 8.42 Å². The zero-order chi connectivity index (χ0) is 10.7. The summed E-state index contributed by atoms with van der Waals surface area (Å²) in [5.74, 6) is 0. The molecule has 0 aliphatic heterocycles. The van der Waals surface area contributed by atoms with E-state index in [4.69, 9.17) is 4.55 Å². The minimum Gasteiger partial charge on any atom is -0.317 e. The molecule has 0 saturated heterocycles. The first-order valence-electron chi connectivity index (χ1n) is 4.35. The van der Waals surface area contributed by atoms with Crippen molar-refractivity contribution in [3.8, 4) is 0 Å². The summed E-state index contributed by atoms with van der Waals surface area (Å²) in [6.45, 7) is 5.04. The lowest BCUT2D eigenvalue weighted by Crippen LogP contribution is -2.33. The highest BCUT2D eigenvalue weighted by molar-refractivity contribution is 7.87. The molecule has 5 heteroatoms. The molecule has 0 spiro atoms. The monoisotopic (exact) mass is 209 g/mol. The molecule has 0 amide bonds. The Labute approximate surface area is 80.5 Å². The van der Waals surface area contributed by atoms with Crippen molar-refractivity contribution < 1.29 is 13.0 Å². The van der Waals surface area contributed by atoms with Gasteiger partial charge in [0.15, 0.2) is 0 Å². The summed E-state index contributed by atoms with van der Waals surface area (Å²) in [6.07, 6.45) is 1.18. The van der Waals surface area contributed by atoms with Crippen LogP contribution in [0.25, 0.3) is 0 Å². The van der Waals surface area contributed by atoms with Crippen LogP contribution in [0.2, 0.25) is 0 Å². The first-order valence-corrected chi connectivity index (χ1v) is 5.79. The van der Waals surface area contributed by atoms with Crippen LogP contribution in [0.15, 0.2) is 0 Å². The Morgan fingerprint density at radius 3 is 2.23 bits per heavy atom. The van der Waals surface area contributed by atoms with Crippen LogP contribution >= 0.6 is 0 Å². The van der Waals surface area contributed by atoms with Gasteiger partial charge in [-0.25, -0.2) is 0 Å². The second-order valence-electron chi connectivity index (χ2n) is 3.96. The third kappa shape index (κ3) is 4.06. The summed E-state index contributed by atoms with van der Waals surface area (Å²) in [4.78, 5) is 0. The number of rotatable bonds is 5. The van der Waals surface area contributed by atoms with Gasteiger partial charge in [-0.3, -0.25) is 4.55 Å². The van der Waals surface area contributed by atoms with Gasteiger partial charge in [-0.15, -0.1) is 0 Å². The number of hydrogen-bond donors (Lipinski definition) is 2. The Balaban J connectivity index is 4.21. The Morgan fingerprint density at radius 2 is 1.92 bits per heavy atom. The number of hydrogen-bond acceptors (Lipinski definition) is 3. The van der Waals surface area contributed by atoms with Crippen molar-refractivity contribution in [3.63, 3.8) is 0 Å². The highest BCUT2D eigenvalue weighted by Gasteiger charge is 2.32. The summed E-state index contributed by atoms with van der Waals surface area (Å²) >= 11 is 0. The van der Waals surface area contributed by atoms with Crippen LogP contribution in [0.1, 0.15) is 33.6 Å². The second-order valence-corrected chi connectivity index (χ2v) is 6.02. The van der Waals surface area contributed by atoms with Crippen LogP contribution in [-0.4, -0.2) is 30.8 Å². The van der Waals surface area contributed by atoms with E-state index in [-0.39, 0.29) is 6.04 Å². The Kier molecular flexibility index (Phi) is 4.35. The zero-order valence-electron chi connectivity index (χ0n) is 8.66. The largest absolute Gasteiger partial charge is 0.317 e. The lowest BCUT2D eigenvalue weighted by molar-refractivity contribution is 0.413. The van der Waals surface area contributed by atoms with E-state index >= 15 is 0 Å².